The first-order valence-corrected chi connectivity index (χ1v) is 6.53. The van der Waals surface area contributed by atoms with Crippen molar-refractivity contribution in [1.29, 1.82) is 0 Å². The molecule has 0 aromatic heterocycles. The Labute approximate surface area is 122 Å². The van der Waals surface area contributed by atoms with E-state index in [-0.39, 0.29) is 22.9 Å². The fourth-order valence-corrected chi connectivity index (χ4v) is 1.54. The molecule has 0 heterocycles. The van der Waals surface area contributed by atoms with Crippen LogP contribution in [0.2, 0.25) is 0 Å². The van der Waals surface area contributed by atoms with Gasteiger partial charge < -0.3 is 10.1 Å². The standard InChI is InChI=1S/C14H18N2O5/c1-9(2)7-15-14(18)10(3)21-13-5-4-11(8-17)6-12(13)16(19)20/h4-6,8-10H,7H2,1-3H3,(H,15,18)/t10-/m0/s1. The van der Waals surface area contributed by atoms with E-state index in [1.54, 1.807) is 0 Å². The molecule has 0 radical (unpaired) electrons. The lowest BCUT2D eigenvalue weighted by atomic mass is 10.2. The molecule has 21 heavy (non-hydrogen) atoms. The van der Waals surface area contributed by atoms with Gasteiger partial charge in [-0.25, -0.2) is 0 Å². The molecular weight excluding hydrogens is 276 g/mol. The highest BCUT2D eigenvalue weighted by Crippen LogP contribution is 2.28. The second-order valence-corrected chi connectivity index (χ2v) is 5.00. The third-order valence-corrected chi connectivity index (χ3v) is 2.67. The maximum atomic E-state index is 11.8. The van der Waals surface area contributed by atoms with Crippen molar-refractivity contribution < 1.29 is 19.2 Å². The number of nitrogens with zero attached hydrogens (tertiary/aromatic N) is 1. The Balaban J connectivity index is 2.84. The Morgan fingerprint density at radius 1 is 1.43 bits per heavy atom. The molecule has 0 saturated carbocycles. The molecule has 1 atom stereocenters. The normalized spacial score (nSPS) is 11.8. The molecule has 114 valence electrons. The van der Waals surface area contributed by atoms with Crippen LogP contribution in [0.3, 0.4) is 0 Å². The summed E-state index contributed by atoms with van der Waals surface area (Å²) in [6.07, 6.45) is -0.361. The van der Waals surface area contributed by atoms with Gasteiger partial charge in [0.2, 0.25) is 0 Å². The van der Waals surface area contributed by atoms with E-state index in [0.29, 0.717) is 18.7 Å². The molecule has 7 nitrogen and oxygen atoms in total. The van der Waals surface area contributed by atoms with Gasteiger partial charge in [-0.3, -0.25) is 19.7 Å². The Bertz CT molecular complexity index is 542. The second kappa shape index (κ2) is 7.37. The minimum absolute atomic E-state index is 0.0437. The molecule has 0 aliphatic carbocycles. The molecule has 0 aliphatic heterocycles. The van der Waals surface area contributed by atoms with E-state index in [9.17, 15) is 19.7 Å². The predicted octanol–water partition coefficient (Wildman–Crippen LogP) is 1.95. The van der Waals surface area contributed by atoms with E-state index in [0.717, 1.165) is 6.07 Å². The van der Waals surface area contributed by atoms with E-state index in [1.165, 1.54) is 19.1 Å². The molecule has 0 spiro atoms. The van der Waals surface area contributed by atoms with Crippen molar-refractivity contribution >= 4 is 17.9 Å². The topological polar surface area (TPSA) is 98.5 Å². The third kappa shape index (κ3) is 4.87. The molecule has 1 rings (SSSR count). The van der Waals surface area contributed by atoms with Crippen LogP contribution < -0.4 is 10.1 Å². The van der Waals surface area contributed by atoms with E-state index in [2.05, 4.69) is 5.32 Å². The lowest BCUT2D eigenvalue weighted by Gasteiger charge is -2.15. The number of nitro benzene ring substituents is 1. The number of carbonyl (C=O) groups excluding carboxylic acids is 2. The lowest BCUT2D eigenvalue weighted by Crippen LogP contribution is -2.38. The number of nitrogens with one attached hydrogen (secondary N) is 1. The molecular formula is C14H18N2O5. The van der Waals surface area contributed by atoms with Gasteiger partial charge in [0.05, 0.1) is 4.92 Å². The van der Waals surface area contributed by atoms with Crippen LogP contribution in [0.15, 0.2) is 18.2 Å². The van der Waals surface area contributed by atoms with Crippen molar-refractivity contribution in [2.24, 2.45) is 5.92 Å². The molecule has 1 aromatic rings. The number of amides is 1. The van der Waals surface area contributed by atoms with Gasteiger partial charge in [0.25, 0.3) is 5.91 Å². The van der Waals surface area contributed by atoms with Crippen molar-refractivity contribution in [3.8, 4) is 5.75 Å². The maximum absolute atomic E-state index is 11.8. The predicted molar refractivity (Wildman–Crippen MR) is 76.4 cm³/mol. The maximum Gasteiger partial charge on any atom is 0.311 e. The van der Waals surface area contributed by atoms with Gasteiger partial charge in [0.15, 0.2) is 11.9 Å². The summed E-state index contributed by atoms with van der Waals surface area (Å²) in [4.78, 5) is 32.8. The van der Waals surface area contributed by atoms with Crippen LogP contribution in [0.5, 0.6) is 5.75 Å². The summed E-state index contributed by atoms with van der Waals surface area (Å²) < 4.78 is 5.33. The number of carbonyl (C=O) groups is 2. The quantitative estimate of drug-likeness (QED) is 0.471. The highest BCUT2D eigenvalue weighted by molar-refractivity contribution is 5.81. The average Bonchev–Trinajstić information content (AvgIpc) is 2.44. The van der Waals surface area contributed by atoms with Crippen molar-refractivity contribution in [3.63, 3.8) is 0 Å². The van der Waals surface area contributed by atoms with E-state index in [4.69, 9.17) is 4.74 Å². The first-order valence-electron chi connectivity index (χ1n) is 6.53. The molecule has 1 aromatic carbocycles. The summed E-state index contributed by atoms with van der Waals surface area (Å²) in [5, 5.41) is 13.6. The minimum atomic E-state index is -0.871. The molecule has 0 aliphatic rings. The van der Waals surface area contributed by atoms with Gasteiger partial charge >= 0.3 is 5.69 Å². The van der Waals surface area contributed by atoms with Crippen LogP contribution in [0.4, 0.5) is 5.69 Å². The molecule has 1 amide bonds. The van der Waals surface area contributed by atoms with Crippen LogP contribution >= 0.6 is 0 Å². The van der Waals surface area contributed by atoms with E-state index < -0.39 is 11.0 Å². The monoisotopic (exact) mass is 294 g/mol. The van der Waals surface area contributed by atoms with Gasteiger partial charge in [0.1, 0.15) is 6.29 Å². The lowest BCUT2D eigenvalue weighted by molar-refractivity contribution is -0.386. The molecule has 0 unspecified atom stereocenters. The van der Waals surface area contributed by atoms with Gasteiger partial charge in [-0.15, -0.1) is 0 Å². The largest absolute Gasteiger partial charge is 0.474 e. The van der Waals surface area contributed by atoms with Crippen LogP contribution in [-0.2, 0) is 4.79 Å². The number of rotatable bonds is 7. The summed E-state index contributed by atoms with van der Waals surface area (Å²) >= 11 is 0. The zero-order chi connectivity index (χ0) is 16.0. The molecule has 0 bridgehead atoms. The zero-order valence-corrected chi connectivity index (χ0v) is 12.2. The molecule has 1 N–H and O–H groups in total. The average molecular weight is 294 g/mol. The minimum Gasteiger partial charge on any atom is -0.474 e. The number of benzene rings is 1. The molecule has 7 heteroatoms. The van der Waals surface area contributed by atoms with Gasteiger partial charge in [-0.2, -0.15) is 0 Å². The van der Waals surface area contributed by atoms with Crippen LogP contribution in [0, 0.1) is 16.0 Å². The van der Waals surface area contributed by atoms with Crippen molar-refractivity contribution in [3.05, 3.63) is 33.9 Å². The van der Waals surface area contributed by atoms with Crippen LogP contribution in [0.25, 0.3) is 0 Å². The number of hydrogen-bond acceptors (Lipinski definition) is 5. The highest BCUT2D eigenvalue weighted by Gasteiger charge is 2.21. The first-order chi connectivity index (χ1) is 9.85. The number of nitro groups is 1. The SMILES string of the molecule is CC(C)CNC(=O)[C@H](C)Oc1ccc(C=O)cc1[N+](=O)[O-]. The van der Waals surface area contributed by atoms with Gasteiger partial charge in [-0.1, -0.05) is 13.8 Å². The van der Waals surface area contributed by atoms with E-state index in [1.807, 2.05) is 13.8 Å². The number of aldehydes is 1. The van der Waals surface area contributed by atoms with Crippen molar-refractivity contribution in [2.75, 3.05) is 6.54 Å². The summed E-state index contributed by atoms with van der Waals surface area (Å²) in [6, 6.07) is 3.82. The Hall–Kier alpha value is -2.44. The number of hydrogen-bond donors (Lipinski definition) is 1. The van der Waals surface area contributed by atoms with E-state index >= 15 is 0 Å². The molecule has 0 fully saturated rings. The summed E-state index contributed by atoms with van der Waals surface area (Å²) in [7, 11) is 0. The smallest absolute Gasteiger partial charge is 0.311 e. The summed E-state index contributed by atoms with van der Waals surface area (Å²) in [5.41, 5.74) is -0.172. The Morgan fingerprint density at radius 2 is 2.10 bits per heavy atom. The first kappa shape index (κ1) is 16.6. The van der Waals surface area contributed by atoms with Gasteiger partial charge in [-0.05, 0) is 25.0 Å². The Morgan fingerprint density at radius 3 is 2.62 bits per heavy atom. The fraction of sp³-hybridized carbons (Fsp3) is 0.429. The van der Waals surface area contributed by atoms with Crippen molar-refractivity contribution in [1.82, 2.24) is 5.32 Å². The second-order valence-electron chi connectivity index (χ2n) is 5.00. The van der Waals surface area contributed by atoms with Gasteiger partial charge in [0, 0.05) is 18.2 Å². The third-order valence-electron chi connectivity index (χ3n) is 2.67. The number of ether oxygens (including phenoxy) is 1. The summed E-state index contributed by atoms with van der Waals surface area (Å²) in [6.45, 7) is 5.91. The Kier molecular flexibility index (Phi) is 5.83. The van der Waals surface area contributed by atoms with Crippen molar-refractivity contribution in [2.45, 2.75) is 26.9 Å². The highest BCUT2D eigenvalue weighted by atomic mass is 16.6. The fourth-order valence-electron chi connectivity index (χ4n) is 1.54. The van der Waals surface area contributed by atoms with Crippen LogP contribution in [0.1, 0.15) is 31.1 Å². The van der Waals surface area contributed by atoms with Crippen LogP contribution in [-0.4, -0.2) is 29.8 Å². The summed E-state index contributed by atoms with van der Waals surface area (Å²) in [5.74, 6) is -0.0994. The molecule has 0 saturated heterocycles. The zero-order valence-electron chi connectivity index (χ0n) is 12.2.